The van der Waals surface area contributed by atoms with E-state index in [-0.39, 0.29) is 5.91 Å². The molecule has 23 heavy (non-hydrogen) atoms. The number of carbonyl (C=O) groups is 1. The largest absolute Gasteiger partial charge is 0.496 e. The number of para-hydroxylation sites is 1. The number of ether oxygens (including phenoxy) is 1. The average Bonchev–Trinajstić information content (AvgIpc) is 2.58. The highest BCUT2D eigenvalue weighted by molar-refractivity contribution is 6.30. The van der Waals surface area contributed by atoms with Gasteiger partial charge in [0.25, 0.3) is 5.91 Å². The van der Waals surface area contributed by atoms with Crippen LogP contribution in [-0.4, -0.2) is 13.0 Å². The lowest BCUT2D eigenvalue weighted by Crippen LogP contribution is -2.24. The van der Waals surface area contributed by atoms with Crippen LogP contribution in [0.5, 0.6) is 5.75 Å². The summed E-state index contributed by atoms with van der Waals surface area (Å²) in [7, 11) is 1.62. The molecule has 0 aromatic heterocycles. The molecule has 0 heterocycles. The number of methoxy groups -OCH3 is 1. The molecule has 0 aliphatic heterocycles. The van der Waals surface area contributed by atoms with Crippen LogP contribution in [-0.2, 0) is 11.3 Å². The molecule has 0 aliphatic rings. The highest BCUT2D eigenvalue weighted by Crippen LogP contribution is 2.20. The Kier molecular flexibility index (Phi) is 6.24. The Labute approximate surface area is 141 Å². The molecule has 120 valence electrons. The van der Waals surface area contributed by atoms with Crippen molar-refractivity contribution in [3.05, 3.63) is 70.8 Å². The van der Waals surface area contributed by atoms with Crippen LogP contribution in [0, 0.1) is 0 Å². The predicted octanol–water partition coefficient (Wildman–Crippen LogP) is 4.46. The van der Waals surface area contributed by atoms with E-state index in [0.717, 1.165) is 23.3 Å². The maximum Gasteiger partial charge on any atom is 0.251 e. The fourth-order valence-electron chi connectivity index (χ4n) is 2.29. The molecular formula is C19H20ClNO2. The van der Waals surface area contributed by atoms with Crippen molar-refractivity contribution in [2.75, 3.05) is 7.11 Å². The minimum Gasteiger partial charge on any atom is -0.496 e. The van der Waals surface area contributed by atoms with Crippen molar-refractivity contribution in [3.8, 4) is 5.75 Å². The molecule has 0 spiro atoms. The Morgan fingerprint density at radius 1 is 1.17 bits per heavy atom. The minimum absolute atomic E-state index is 0.111. The summed E-state index contributed by atoms with van der Waals surface area (Å²) in [5.74, 6) is 0.653. The molecule has 0 bridgehead atoms. The highest BCUT2D eigenvalue weighted by Gasteiger charge is 2.12. The lowest BCUT2D eigenvalue weighted by atomic mass is 10.0. The molecule has 0 atom stereocenters. The van der Waals surface area contributed by atoms with Crippen LogP contribution in [0.2, 0.25) is 5.02 Å². The van der Waals surface area contributed by atoms with E-state index in [9.17, 15) is 4.79 Å². The highest BCUT2D eigenvalue weighted by atomic mass is 35.5. The van der Waals surface area contributed by atoms with Crippen LogP contribution in [0.4, 0.5) is 0 Å². The molecule has 0 unspecified atom stereocenters. The monoisotopic (exact) mass is 329 g/mol. The summed E-state index contributed by atoms with van der Waals surface area (Å²) in [6.07, 6.45) is 2.70. The van der Waals surface area contributed by atoms with E-state index < -0.39 is 0 Å². The average molecular weight is 330 g/mol. The smallest absolute Gasteiger partial charge is 0.251 e. The van der Waals surface area contributed by atoms with Crippen LogP contribution in [0.3, 0.4) is 0 Å². The predicted molar refractivity (Wildman–Crippen MR) is 94.6 cm³/mol. The third-order valence-corrected chi connectivity index (χ3v) is 3.69. The molecule has 4 heteroatoms. The van der Waals surface area contributed by atoms with Gasteiger partial charge in [-0.15, -0.1) is 0 Å². The maximum absolute atomic E-state index is 12.5. The second kappa shape index (κ2) is 8.39. The summed E-state index contributed by atoms with van der Waals surface area (Å²) in [6, 6.07) is 14.9. The summed E-state index contributed by atoms with van der Waals surface area (Å²) in [6.45, 7) is 2.42. The number of hydrogen-bond acceptors (Lipinski definition) is 2. The van der Waals surface area contributed by atoms with Gasteiger partial charge in [0.1, 0.15) is 5.75 Å². The Hall–Kier alpha value is -2.26. The lowest BCUT2D eigenvalue weighted by Gasteiger charge is -2.12. The minimum atomic E-state index is -0.111. The molecule has 3 nitrogen and oxygen atoms in total. The molecule has 2 aromatic rings. The number of rotatable bonds is 6. The fourth-order valence-corrected chi connectivity index (χ4v) is 2.42. The van der Waals surface area contributed by atoms with Crippen LogP contribution in [0.25, 0.3) is 5.57 Å². The standard InChI is InChI=1S/C19H20ClNO2/c1-3-6-17(14-9-11-16(20)12-10-14)19(22)21-13-15-7-4-5-8-18(15)23-2/h4-12H,3,13H2,1-2H3,(H,21,22). The van der Waals surface area contributed by atoms with E-state index >= 15 is 0 Å². The lowest BCUT2D eigenvalue weighted by molar-refractivity contribution is -0.115. The second-order valence-electron chi connectivity index (χ2n) is 5.03. The first kappa shape index (κ1) is 17.1. The van der Waals surface area contributed by atoms with Crippen molar-refractivity contribution in [1.29, 1.82) is 0 Å². The van der Waals surface area contributed by atoms with Crippen molar-refractivity contribution < 1.29 is 9.53 Å². The summed E-state index contributed by atoms with van der Waals surface area (Å²) in [5, 5.41) is 3.60. The molecule has 0 radical (unpaired) electrons. The quantitative estimate of drug-likeness (QED) is 0.795. The first-order valence-electron chi connectivity index (χ1n) is 7.52. The molecule has 0 aliphatic carbocycles. The third-order valence-electron chi connectivity index (χ3n) is 3.44. The number of allylic oxidation sites excluding steroid dienone is 1. The van der Waals surface area contributed by atoms with Gasteiger partial charge in [-0.05, 0) is 30.2 Å². The molecule has 2 rings (SSSR count). The number of nitrogens with one attached hydrogen (secondary N) is 1. The van der Waals surface area contributed by atoms with Crippen molar-refractivity contribution in [3.63, 3.8) is 0 Å². The van der Waals surface area contributed by atoms with E-state index in [1.54, 1.807) is 19.2 Å². The summed E-state index contributed by atoms with van der Waals surface area (Å²) in [4.78, 5) is 12.5. The van der Waals surface area contributed by atoms with Crippen molar-refractivity contribution >= 4 is 23.1 Å². The van der Waals surface area contributed by atoms with E-state index in [2.05, 4.69) is 5.32 Å². The molecule has 0 saturated heterocycles. The van der Waals surface area contributed by atoms with Crippen molar-refractivity contribution in [2.24, 2.45) is 0 Å². The Bertz CT molecular complexity index is 693. The first-order valence-corrected chi connectivity index (χ1v) is 7.89. The van der Waals surface area contributed by atoms with Gasteiger partial charge in [-0.3, -0.25) is 4.79 Å². The van der Waals surface area contributed by atoms with Crippen LogP contribution in [0.15, 0.2) is 54.6 Å². The molecule has 0 saturated carbocycles. The number of hydrogen-bond donors (Lipinski definition) is 1. The normalized spacial score (nSPS) is 11.2. The van der Waals surface area contributed by atoms with E-state index in [1.807, 2.05) is 49.4 Å². The molecule has 1 amide bonds. The van der Waals surface area contributed by atoms with Gasteiger partial charge in [-0.1, -0.05) is 54.9 Å². The zero-order valence-corrected chi connectivity index (χ0v) is 14.1. The number of amides is 1. The zero-order chi connectivity index (χ0) is 16.7. The van der Waals surface area contributed by atoms with Gasteiger partial charge < -0.3 is 10.1 Å². The summed E-state index contributed by atoms with van der Waals surface area (Å²) in [5.41, 5.74) is 2.45. The van der Waals surface area contributed by atoms with Crippen LogP contribution >= 0.6 is 11.6 Å². The number of carbonyl (C=O) groups excluding carboxylic acids is 1. The Balaban J connectivity index is 2.13. The zero-order valence-electron chi connectivity index (χ0n) is 13.3. The summed E-state index contributed by atoms with van der Waals surface area (Å²) < 4.78 is 5.30. The topological polar surface area (TPSA) is 38.3 Å². The van der Waals surface area contributed by atoms with E-state index in [1.165, 1.54) is 0 Å². The van der Waals surface area contributed by atoms with Gasteiger partial charge in [0, 0.05) is 22.7 Å². The SMILES string of the molecule is CCC=C(C(=O)NCc1ccccc1OC)c1ccc(Cl)cc1. The number of halogens is 1. The van der Waals surface area contributed by atoms with Crippen molar-refractivity contribution in [2.45, 2.75) is 19.9 Å². The molecule has 2 aromatic carbocycles. The van der Waals surface area contributed by atoms with Crippen LogP contribution in [0.1, 0.15) is 24.5 Å². The van der Waals surface area contributed by atoms with E-state index in [0.29, 0.717) is 17.1 Å². The fraction of sp³-hybridized carbons (Fsp3) is 0.211. The van der Waals surface area contributed by atoms with Gasteiger partial charge >= 0.3 is 0 Å². The summed E-state index contributed by atoms with van der Waals surface area (Å²) >= 11 is 5.91. The maximum atomic E-state index is 12.5. The van der Waals surface area contributed by atoms with Gasteiger partial charge in [-0.2, -0.15) is 0 Å². The van der Waals surface area contributed by atoms with Gasteiger partial charge in [0.05, 0.1) is 7.11 Å². The van der Waals surface area contributed by atoms with Crippen LogP contribution < -0.4 is 10.1 Å². The third kappa shape index (κ3) is 4.60. The first-order chi connectivity index (χ1) is 11.2. The Morgan fingerprint density at radius 2 is 1.87 bits per heavy atom. The Morgan fingerprint density at radius 3 is 2.52 bits per heavy atom. The molecular weight excluding hydrogens is 310 g/mol. The molecule has 0 fully saturated rings. The van der Waals surface area contributed by atoms with Gasteiger partial charge in [0.15, 0.2) is 0 Å². The van der Waals surface area contributed by atoms with Gasteiger partial charge in [-0.25, -0.2) is 0 Å². The van der Waals surface area contributed by atoms with E-state index in [4.69, 9.17) is 16.3 Å². The second-order valence-corrected chi connectivity index (χ2v) is 5.46. The van der Waals surface area contributed by atoms with Crippen molar-refractivity contribution in [1.82, 2.24) is 5.32 Å². The molecule has 1 N–H and O–H groups in total. The number of benzene rings is 2. The van der Waals surface area contributed by atoms with Gasteiger partial charge in [0.2, 0.25) is 0 Å².